The third-order valence-corrected chi connectivity index (χ3v) is 5.34. The maximum absolute atomic E-state index is 13.8. The average molecular weight is 452 g/mol. The molecule has 0 aliphatic carbocycles. The lowest BCUT2D eigenvalue weighted by molar-refractivity contribution is -0.116. The smallest absolute Gasteiger partial charge is 0.287 e. The van der Waals surface area contributed by atoms with Crippen molar-refractivity contribution >= 4 is 33.4 Å². The van der Waals surface area contributed by atoms with Gasteiger partial charge in [-0.1, -0.05) is 15.9 Å². The lowest BCUT2D eigenvalue weighted by Gasteiger charge is -2.32. The molecule has 8 heteroatoms. The number of benzene rings is 1. The Labute approximate surface area is 171 Å². The van der Waals surface area contributed by atoms with Gasteiger partial charge in [0.25, 0.3) is 5.91 Å². The van der Waals surface area contributed by atoms with E-state index in [1.165, 1.54) is 18.4 Å². The maximum Gasteiger partial charge on any atom is 0.287 e. The van der Waals surface area contributed by atoms with Gasteiger partial charge >= 0.3 is 0 Å². The average Bonchev–Trinajstić information content (AvgIpc) is 3.09. The van der Waals surface area contributed by atoms with Gasteiger partial charge in [-0.15, -0.1) is 0 Å². The second kappa shape index (κ2) is 9.34. The van der Waals surface area contributed by atoms with Crippen molar-refractivity contribution in [2.75, 3.05) is 25.0 Å². The largest absolute Gasteiger partial charge is 0.459 e. The number of hydrogen-bond donors (Lipinski definition) is 2. The van der Waals surface area contributed by atoms with Gasteiger partial charge in [-0.25, -0.2) is 4.39 Å². The van der Waals surface area contributed by atoms with Crippen LogP contribution in [-0.4, -0.2) is 42.4 Å². The summed E-state index contributed by atoms with van der Waals surface area (Å²) in [6, 6.07) is 6.40. The first-order valence-electron chi connectivity index (χ1n) is 9.24. The van der Waals surface area contributed by atoms with Crippen molar-refractivity contribution in [2.45, 2.75) is 32.2 Å². The Bertz CT molecular complexity index is 847. The molecule has 0 radical (unpaired) electrons. The lowest BCUT2D eigenvalue weighted by Crippen LogP contribution is -2.45. The van der Waals surface area contributed by atoms with Crippen molar-refractivity contribution in [1.29, 1.82) is 0 Å². The van der Waals surface area contributed by atoms with E-state index in [0.29, 0.717) is 16.8 Å². The SMILES string of the molecule is Cc1ccoc1C(=O)NC1CCN(CCC(=O)Nc2ccc(Br)cc2F)CC1. The molecule has 2 N–H and O–H groups in total. The number of nitrogens with one attached hydrogen (secondary N) is 2. The molecule has 28 heavy (non-hydrogen) atoms. The summed E-state index contributed by atoms with van der Waals surface area (Å²) in [5, 5.41) is 5.61. The normalized spacial score (nSPS) is 15.4. The number of piperidine rings is 1. The van der Waals surface area contributed by atoms with E-state index in [9.17, 15) is 14.0 Å². The molecule has 1 aliphatic heterocycles. The Morgan fingerprint density at radius 3 is 2.68 bits per heavy atom. The molecule has 3 rings (SSSR count). The number of halogens is 2. The van der Waals surface area contributed by atoms with Crippen LogP contribution in [0.25, 0.3) is 0 Å². The summed E-state index contributed by atoms with van der Waals surface area (Å²) in [5.41, 5.74) is 1.01. The minimum Gasteiger partial charge on any atom is -0.459 e. The van der Waals surface area contributed by atoms with E-state index in [1.807, 2.05) is 6.92 Å². The Morgan fingerprint density at radius 1 is 1.29 bits per heavy atom. The number of anilines is 1. The summed E-state index contributed by atoms with van der Waals surface area (Å²) in [6.07, 6.45) is 3.43. The van der Waals surface area contributed by atoms with Crippen LogP contribution in [0, 0.1) is 12.7 Å². The van der Waals surface area contributed by atoms with Crippen molar-refractivity contribution in [2.24, 2.45) is 0 Å². The fraction of sp³-hybridized carbons (Fsp3) is 0.400. The molecule has 0 bridgehead atoms. The molecule has 2 heterocycles. The zero-order valence-electron chi connectivity index (χ0n) is 15.6. The van der Waals surface area contributed by atoms with Gasteiger partial charge in [0.15, 0.2) is 5.76 Å². The maximum atomic E-state index is 13.8. The van der Waals surface area contributed by atoms with Crippen LogP contribution in [-0.2, 0) is 4.79 Å². The zero-order chi connectivity index (χ0) is 20.1. The minimum atomic E-state index is -0.467. The van der Waals surface area contributed by atoms with Crippen LogP contribution in [0.4, 0.5) is 10.1 Å². The van der Waals surface area contributed by atoms with Crippen LogP contribution in [0.5, 0.6) is 0 Å². The first kappa shape index (κ1) is 20.5. The number of likely N-dealkylation sites (tertiary alicyclic amines) is 1. The Balaban J connectivity index is 1.39. The van der Waals surface area contributed by atoms with E-state index in [-0.39, 0.29) is 30.0 Å². The van der Waals surface area contributed by atoms with Crippen molar-refractivity contribution in [3.8, 4) is 0 Å². The van der Waals surface area contributed by atoms with Crippen LogP contribution < -0.4 is 10.6 Å². The molecular weight excluding hydrogens is 429 g/mol. The van der Waals surface area contributed by atoms with Crippen molar-refractivity contribution in [3.63, 3.8) is 0 Å². The predicted molar refractivity (Wildman–Crippen MR) is 108 cm³/mol. The highest BCUT2D eigenvalue weighted by Gasteiger charge is 2.23. The van der Waals surface area contributed by atoms with Crippen LogP contribution in [0.3, 0.4) is 0 Å². The number of carbonyl (C=O) groups is 2. The number of amides is 2. The lowest BCUT2D eigenvalue weighted by atomic mass is 10.0. The fourth-order valence-electron chi connectivity index (χ4n) is 3.22. The molecule has 2 aromatic rings. The summed E-state index contributed by atoms with van der Waals surface area (Å²) in [4.78, 5) is 26.5. The molecule has 1 saturated heterocycles. The van der Waals surface area contributed by atoms with Crippen LogP contribution in [0.2, 0.25) is 0 Å². The topological polar surface area (TPSA) is 74.6 Å². The van der Waals surface area contributed by atoms with E-state index >= 15 is 0 Å². The monoisotopic (exact) mass is 451 g/mol. The molecule has 6 nitrogen and oxygen atoms in total. The van der Waals surface area contributed by atoms with E-state index in [1.54, 1.807) is 12.1 Å². The molecule has 1 aliphatic rings. The predicted octanol–water partition coefficient (Wildman–Crippen LogP) is 3.71. The van der Waals surface area contributed by atoms with E-state index < -0.39 is 5.82 Å². The molecule has 1 fully saturated rings. The molecule has 1 aromatic carbocycles. The van der Waals surface area contributed by atoms with Crippen LogP contribution >= 0.6 is 15.9 Å². The quantitative estimate of drug-likeness (QED) is 0.701. The first-order valence-corrected chi connectivity index (χ1v) is 10.0. The summed E-state index contributed by atoms with van der Waals surface area (Å²) >= 11 is 3.19. The minimum absolute atomic E-state index is 0.0962. The standard InChI is InChI=1S/C20H23BrFN3O3/c1-13-7-11-28-19(13)20(27)23-15-4-8-25(9-5-15)10-6-18(26)24-17-3-2-14(21)12-16(17)22/h2-3,7,11-12,15H,4-6,8-10H2,1H3,(H,23,27)(H,24,26). The molecule has 0 unspecified atom stereocenters. The molecule has 0 spiro atoms. The Hall–Kier alpha value is -2.19. The number of hydrogen-bond acceptors (Lipinski definition) is 4. The van der Waals surface area contributed by atoms with Crippen molar-refractivity contribution < 1.29 is 18.4 Å². The number of rotatable bonds is 6. The van der Waals surface area contributed by atoms with Gasteiger partial charge in [0.05, 0.1) is 12.0 Å². The molecule has 0 saturated carbocycles. The van der Waals surface area contributed by atoms with Gasteiger partial charge in [-0.2, -0.15) is 0 Å². The number of furan rings is 1. The van der Waals surface area contributed by atoms with Gasteiger partial charge < -0.3 is 20.0 Å². The van der Waals surface area contributed by atoms with Crippen molar-refractivity contribution in [1.82, 2.24) is 10.2 Å². The molecular formula is C20H23BrFN3O3. The summed E-state index contributed by atoms with van der Waals surface area (Å²) in [7, 11) is 0. The Morgan fingerprint density at radius 2 is 2.04 bits per heavy atom. The van der Waals surface area contributed by atoms with Crippen molar-refractivity contribution in [3.05, 3.63) is 52.1 Å². The van der Waals surface area contributed by atoms with Gasteiger partial charge in [0.2, 0.25) is 5.91 Å². The number of aryl methyl sites for hydroxylation is 1. The van der Waals surface area contributed by atoms with Gasteiger partial charge in [0, 0.05) is 42.1 Å². The van der Waals surface area contributed by atoms with Crippen LogP contribution in [0.15, 0.2) is 39.4 Å². The highest BCUT2D eigenvalue weighted by atomic mass is 79.9. The summed E-state index contributed by atoms with van der Waals surface area (Å²) < 4.78 is 19.6. The highest BCUT2D eigenvalue weighted by molar-refractivity contribution is 9.10. The van der Waals surface area contributed by atoms with Gasteiger partial charge in [-0.05, 0) is 44.0 Å². The molecule has 150 valence electrons. The third kappa shape index (κ3) is 5.42. The van der Waals surface area contributed by atoms with Crippen LogP contribution in [0.1, 0.15) is 35.4 Å². The second-order valence-electron chi connectivity index (χ2n) is 6.94. The first-order chi connectivity index (χ1) is 13.4. The van der Waals surface area contributed by atoms with E-state index in [4.69, 9.17) is 4.42 Å². The number of nitrogens with zero attached hydrogens (tertiary/aromatic N) is 1. The molecule has 0 atom stereocenters. The van der Waals surface area contributed by atoms with Gasteiger partial charge in [0.1, 0.15) is 5.82 Å². The van der Waals surface area contributed by atoms with E-state index in [0.717, 1.165) is 31.5 Å². The summed E-state index contributed by atoms with van der Waals surface area (Å²) in [6.45, 7) is 4.03. The second-order valence-corrected chi connectivity index (χ2v) is 7.86. The third-order valence-electron chi connectivity index (χ3n) is 4.85. The molecule has 1 aromatic heterocycles. The van der Waals surface area contributed by atoms with E-state index in [2.05, 4.69) is 31.5 Å². The fourth-order valence-corrected chi connectivity index (χ4v) is 3.55. The Kier molecular flexibility index (Phi) is 6.85. The van der Waals surface area contributed by atoms with Gasteiger partial charge in [-0.3, -0.25) is 9.59 Å². The highest BCUT2D eigenvalue weighted by Crippen LogP contribution is 2.19. The zero-order valence-corrected chi connectivity index (χ0v) is 17.2. The number of carbonyl (C=O) groups excluding carboxylic acids is 2. The molecule has 2 amide bonds. The summed E-state index contributed by atoms with van der Waals surface area (Å²) in [5.74, 6) is -0.507.